The van der Waals surface area contributed by atoms with Crippen LogP contribution < -0.4 is 25.0 Å². The molecule has 30 heavy (non-hydrogen) atoms. The van der Waals surface area contributed by atoms with Crippen LogP contribution in [-0.2, 0) is 0 Å². The molecule has 0 aromatic heterocycles. The van der Waals surface area contributed by atoms with Crippen LogP contribution in [-0.4, -0.2) is 52.9 Å². The SMILES string of the molecule is CN=C(NCCOc1ccc(C)cc1)NCC1CCN(c2ccccc2OC)C1.I. The lowest BCUT2D eigenvalue weighted by Crippen LogP contribution is -2.41. The highest BCUT2D eigenvalue weighted by Gasteiger charge is 2.24. The fraction of sp³-hybridized carbons (Fsp3) is 0.435. The third-order valence-electron chi connectivity index (χ3n) is 5.18. The number of anilines is 1. The average molecular weight is 524 g/mol. The zero-order valence-electron chi connectivity index (χ0n) is 18.1. The van der Waals surface area contributed by atoms with E-state index in [0.29, 0.717) is 19.1 Å². The number of aryl methyl sites for hydroxylation is 1. The van der Waals surface area contributed by atoms with Crippen molar-refractivity contribution in [2.45, 2.75) is 13.3 Å². The van der Waals surface area contributed by atoms with Gasteiger partial charge < -0.3 is 25.0 Å². The molecule has 1 heterocycles. The highest BCUT2D eigenvalue weighted by Crippen LogP contribution is 2.31. The molecular formula is C23H33IN4O2. The number of aliphatic imine (C=N–C) groups is 1. The summed E-state index contributed by atoms with van der Waals surface area (Å²) >= 11 is 0. The summed E-state index contributed by atoms with van der Waals surface area (Å²) in [5, 5.41) is 6.76. The Balaban J connectivity index is 0.00000320. The Bertz CT molecular complexity index is 798. The second kappa shape index (κ2) is 12.5. The van der Waals surface area contributed by atoms with Crippen LogP contribution in [0.15, 0.2) is 53.5 Å². The van der Waals surface area contributed by atoms with E-state index in [1.807, 2.05) is 24.3 Å². The van der Waals surface area contributed by atoms with Crippen LogP contribution in [0.2, 0.25) is 0 Å². The highest BCUT2D eigenvalue weighted by molar-refractivity contribution is 14.0. The zero-order chi connectivity index (χ0) is 20.5. The van der Waals surface area contributed by atoms with E-state index in [-0.39, 0.29) is 24.0 Å². The first-order valence-corrected chi connectivity index (χ1v) is 10.2. The molecule has 164 valence electrons. The standard InChI is InChI=1S/C23H32N4O2.HI/c1-18-8-10-20(11-9-18)29-15-13-25-23(24-2)26-16-19-12-14-27(17-19)21-6-4-5-7-22(21)28-3;/h4-11,19H,12-17H2,1-3H3,(H2,24,25,26);1H. The second-order valence-corrected chi connectivity index (χ2v) is 7.31. The monoisotopic (exact) mass is 524 g/mol. The molecule has 0 radical (unpaired) electrons. The lowest BCUT2D eigenvalue weighted by atomic mass is 10.1. The number of methoxy groups -OCH3 is 1. The van der Waals surface area contributed by atoms with E-state index in [1.54, 1.807) is 14.2 Å². The number of guanidine groups is 1. The van der Waals surface area contributed by atoms with Crippen molar-refractivity contribution < 1.29 is 9.47 Å². The van der Waals surface area contributed by atoms with Gasteiger partial charge in [0.25, 0.3) is 0 Å². The summed E-state index contributed by atoms with van der Waals surface area (Å²) in [6.45, 7) is 6.31. The van der Waals surface area contributed by atoms with Gasteiger partial charge >= 0.3 is 0 Å². The molecule has 6 nitrogen and oxygen atoms in total. The quantitative estimate of drug-likeness (QED) is 0.239. The molecule has 1 saturated heterocycles. The molecule has 2 N–H and O–H groups in total. The van der Waals surface area contributed by atoms with Crippen LogP contribution in [0.4, 0.5) is 5.69 Å². The van der Waals surface area contributed by atoms with Crippen LogP contribution in [0.5, 0.6) is 11.5 Å². The van der Waals surface area contributed by atoms with E-state index < -0.39 is 0 Å². The summed E-state index contributed by atoms with van der Waals surface area (Å²) in [5.74, 6) is 3.21. The molecule has 1 unspecified atom stereocenters. The number of ether oxygens (including phenoxy) is 2. The molecular weight excluding hydrogens is 491 g/mol. The predicted octanol–water partition coefficient (Wildman–Crippen LogP) is 3.69. The van der Waals surface area contributed by atoms with Gasteiger partial charge in [-0.15, -0.1) is 24.0 Å². The fourth-order valence-electron chi connectivity index (χ4n) is 3.54. The van der Waals surface area contributed by atoms with Crippen LogP contribution in [0, 0.1) is 12.8 Å². The van der Waals surface area contributed by atoms with Crippen molar-refractivity contribution in [3.8, 4) is 11.5 Å². The third kappa shape index (κ3) is 6.97. The Morgan fingerprint density at radius 1 is 1.13 bits per heavy atom. The van der Waals surface area contributed by atoms with Crippen LogP contribution in [0.25, 0.3) is 0 Å². The van der Waals surface area contributed by atoms with Crippen molar-refractivity contribution >= 4 is 35.6 Å². The normalized spacial score (nSPS) is 16.0. The zero-order valence-corrected chi connectivity index (χ0v) is 20.4. The molecule has 7 heteroatoms. The number of hydrogen-bond acceptors (Lipinski definition) is 4. The van der Waals surface area contributed by atoms with Crippen LogP contribution in [0.1, 0.15) is 12.0 Å². The Kier molecular flexibility index (Phi) is 10.1. The van der Waals surface area contributed by atoms with Gasteiger partial charge in [-0.05, 0) is 43.5 Å². The third-order valence-corrected chi connectivity index (χ3v) is 5.18. The van der Waals surface area contributed by atoms with Crippen molar-refractivity contribution in [3.05, 3.63) is 54.1 Å². The van der Waals surface area contributed by atoms with Crippen molar-refractivity contribution in [1.82, 2.24) is 10.6 Å². The number of nitrogens with zero attached hydrogens (tertiary/aromatic N) is 2. The van der Waals surface area contributed by atoms with Crippen LogP contribution in [0.3, 0.4) is 0 Å². The molecule has 1 aliphatic rings. The maximum Gasteiger partial charge on any atom is 0.191 e. The van der Waals surface area contributed by atoms with E-state index in [2.05, 4.69) is 51.7 Å². The van der Waals surface area contributed by atoms with Gasteiger partial charge in [0.1, 0.15) is 18.1 Å². The molecule has 2 aromatic rings. The molecule has 0 aliphatic carbocycles. The molecule has 0 saturated carbocycles. The number of para-hydroxylation sites is 2. The molecule has 3 rings (SSSR count). The summed E-state index contributed by atoms with van der Waals surface area (Å²) < 4.78 is 11.3. The first-order chi connectivity index (χ1) is 14.2. The average Bonchev–Trinajstić information content (AvgIpc) is 3.23. The number of nitrogens with one attached hydrogen (secondary N) is 2. The number of rotatable bonds is 8. The van der Waals surface area contributed by atoms with E-state index >= 15 is 0 Å². The lowest BCUT2D eigenvalue weighted by molar-refractivity contribution is 0.321. The van der Waals surface area contributed by atoms with Gasteiger partial charge in [-0.1, -0.05) is 29.8 Å². The minimum absolute atomic E-state index is 0. The van der Waals surface area contributed by atoms with E-state index in [0.717, 1.165) is 43.5 Å². The van der Waals surface area contributed by atoms with Gasteiger partial charge in [0, 0.05) is 26.7 Å². The Hall–Kier alpha value is -2.16. The highest BCUT2D eigenvalue weighted by atomic mass is 127. The number of hydrogen-bond donors (Lipinski definition) is 2. The molecule has 1 fully saturated rings. The van der Waals surface area contributed by atoms with Crippen molar-refractivity contribution in [2.75, 3.05) is 51.8 Å². The molecule has 0 amide bonds. The van der Waals surface area contributed by atoms with E-state index in [1.165, 1.54) is 11.3 Å². The maximum atomic E-state index is 5.75. The summed E-state index contributed by atoms with van der Waals surface area (Å²) in [6, 6.07) is 16.3. The first-order valence-electron chi connectivity index (χ1n) is 10.2. The summed E-state index contributed by atoms with van der Waals surface area (Å²) in [7, 11) is 3.53. The van der Waals surface area contributed by atoms with Gasteiger partial charge in [-0.2, -0.15) is 0 Å². The van der Waals surface area contributed by atoms with Gasteiger partial charge in [-0.25, -0.2) is 0 Å². The van der Waals surface area contributed by atoms with Crippen molar-refractivity contribution in [3.63, 3.8) is 0 Å². The van der Waals surface area contributed by atoms with Gasteiger partial charge in [0.15, 0.2) is 5.96 Å². The van der Waals surface area contributed by atoms with Crippen molar-refractivity contribution in [2.24, 2.45) is 10.9 Å². The topological polar surface area (TPSA) is 58.1 Å². The largest absolute Gasteiger partial charge is 0.495 e. The smallest absolute Gasteiger partial charge is 0.191 e. The summed E-state index contributed by atoms with van der Waals surface area (Å²) in [5.41, 5.74) is 2.41. The minimum Gasteiger partial charge on any atom is -0.495 e. The van der Waals surface area contributed by atoms with Crippen molar-refractivity contribution in [1.29, 1.82) is 0 Å². The minimum atomic E-state index is 0. The fourth-order valence-corrected chi connectivity index (χ4v) is 3.54. The molecule has 2 aromatic carbocycles. The lowest BCUT2D eigenvalue weighted by Gasteiger charge is -2.21. The van der Waals surface area contributed by atoms with Gasteiger partial charge in [0.05, 0.1) is 19.3 Å². The molecule has 0 bridgehead atoms. The van der Waals surface area contributed by atoms with Gasteiger partial charge in [-0.3, -0.25) is 4.99 Å². The number of benzene rings is 2. The number of halogens is 1. The molecule has 0 spiro atoms. The Morgan fingerprint density at radius 3 is 2.63 bits per heavy atom. The van der Waals surface area contributed by atoms with E-state index in [9.17, 15) is 0 Å². The molecule has 1 aliphatic heterocycles. The Labute approximate surface area is 197 Å². The van der Waals surface area contributed by atoms with E-state index in [4.69, 9.17) is 9.47 Å². The second-order valence-electron chi connectivity index (χ2n) is 7.31. The maximum absolute atomic E-state index is 5.75. The Morgan fingerprint density at radius 2 is 1.90 bits per heavy atom. The van der Waals surface area contributed by atoms with Gasteiger partial charge in [0.2, 0.25) is 0 Å². The summed E-state index contributed by atoms with van der Waals surface area (Å²) in [4.78, 5) is 6.71. The summed E-state index contributed by atoms with van der Waals surface area (Å²) in [6.07, 6.45) is 1.15. The first kappa shape index (κ1) is 24.1. The predicted molar refractivity (Wildman–Crippen MR) is 135 cm³/mol. The molecule has 1 atom stereocenters. The van der Waals surface area contributed by atoms with Crippen LogP contribution >= 0.6 is 24.0 Å².